The molecule has 3 heteroatoms. The van der Waals surface area contributed by atoms with Gasteiger partial charge in [0.2, 0.25) is 0 Å². The summed E-state index contributed by atoms with van der Waals surface area (Å²) in [6, 6.07) is 8.50. The average Bonchev–Trinajstić information content (AvgIpc) is 3.20. The lowest BCUT2D eigenvalue weighted by Crippen LogP contribution is -2.47. The van der Waals surface area contributed by atoms with Crippen LogP contribution in [0.5, 0.6) is 5.75 Å². The molecule has 2 fully saturated rings. The molecule has 1 saturated heterocycles. The molecule has 124 valence electrons. The van der Waals surface area contributed by atoms with E-state index in [4.69, 9.17) is 4.74 Å². The number of hydrogen-bond acceptors (Lipinski definition) is 3. The Labute approximate surface area is 139 Å². The predicted molar refractivity (Wildman–Crippen MR) is 93.6 cm³/mol. The molecule has 1 aliphatic heterocycles. The van der Waals surface area contributed by atoms with Gasteiger partial charge < -0.3 is 9.64 Å². The van der Waals surface area contributed by atoms with E-state index in [-0.39, 0.29) is 0 Å². The third-order valence-electron chi connectivity index (χ3n) is 5.94. The highest BCUT2D eigenvalue weighted by Gasteiger charge is 2.36. The molecule has 23 heavy (non-hydrogen) atoms. The first-order valence-corrected chi connectivity index (χ1v) is 9.06. The Morgan fingerprint density at radius 1 is 0.957 bits per heavy atom. The Morgan fingerprint density at radius 3 is 2.30 bits per heavy atom. The van der Waals surface area contributed by atoms with E-state index in [0.717, 1.165) is 30.0 Å². The normalized spacial score (nSPS) is 30.9. The summed E-state index contributed by atoms with van der Waals surface area (Å²) in [7, 11) is 1.72. The molecule has 3 aliphatic rings. The molecular formula is C20H28N2O. The molecule has 0 unspecified atom stereocenters. The molecule has 0 N–H and O–H groups in total. The van der Waals surface area contributed by atoms with Crippen LogP contribution in [0.4, 0.5) is 0 Å². The molecule has 4 rings (SSSR count). The van der Waals surface area contributed by atoms with E-state index in [9.17, 15) is 0 Å². The lowest BCUT2D eigenvalue weighted by Gasteiger charge is -2.37. The number of benzene rings is 1. The summed E-state index contributed by atoms with van der Waals surface area (Å²) in [5.41, 5.74) is 1.39. The molecule has 0 radical (unpaired) electrons. The van der Waals surface area contributed by atoms with Gasteiger partial charge in [-0.15, -0.1) is 0 Å². The lowest BCUT2D eigenvalue weighted by molar-refractivity contribution is 0.108. The Hall–Kier alpha value is -1.32. The van der Waals surface area contributed by atoms with E-state index < -0.39 is 0 Å². The fourth-order valence-electron chi connectivity index (χ4n) is 4.56. The van der Waals surface area contributed by atoms with Crippen LogP contribution in [-0.2, 0) is 6.54 Å². The second kappa shape index (κ2) is 6.66. The second-order valence-corrected chi connectivity index (χ2v) is 7.47. The van der Waals surface area contributed by atoms with Crippen molar-refractivity contribution in [3.8, 4) is 5.75 Å². The third kappa shape index (κ3) is 3.46. The Morgan fingerprint density at radius 2 is 1.70 bits per heavy atom. The van der Waals surface area contributed by atoms with Gasteiger partial charge in [0.25, 0.3) is 0 Å². The summed E-state index contributed by atoms with van der Waals surface area (Å²) in [5.74, 6) is 3.66. The quantitative estimate of drug-likeness (QED) is 0.777. The molecule has 1 aromatic rings. The van der Waals surface area contributed by atoms with Crippen molar-refractivity contribution in [2.24, 2.45) is 17.8 Å². The van der Waals surface area contributed by atoms with Crippen molar-refractivity contribution in [2.75, 3.05) is 39.8 Å². The maximum atomic E-state index is 5.23. The van der Waals surface area contributed by atoms with Crippen molar-refractivity contribution >= 4 is 0 Å². The van der Waals surface area contributed by atoms with Gasteiger partial charge in [-0.25, -0.2) is 0 Å². The largest absolute Gasteiger partial charge is 0.497 e. The van der Waals surface area contributed by atoms with Gasteiger partial charge in [0.05, 0.1) is 7.11 Å². The van der Waals surface area contributed by atoms with Crippen molar-refractivity contribution in [3.63, 3.8) is 0 Å². The molecule has 1 aromatic carbocycles. The number of allylic oxidation sites excluding steroid dienone is 2. The Bertz CT molecular complexity index is 545. The van der Waals surface area contributed by atoms with Crippen LogP contribution in [0.1, 0.15) is 18.4 Å². The van der Waals surface area contributed by atoms with Gasteiger partial charge in [0.15, 0.2) is 0 Å². The summed E-state index contributed by atoms with van der Waals surface area (Å²) in [6.45, 7) is 7.24. The van der Waals surface area contributed by atoms with Crippen LogP contribution in [0, 0.1) is 17.8 Å². The van der Waals surface area contributed by atoms with E-state index in [2.05, 4.69) is 46.2 Å². The van der Waals surface area contributed by atoms with Gasteiger partial charge in [-0.2, -0.15) is 0 Å². The Kier molecular flexibility index (Phi) is 4.41. The van der Waals surface area contributed by atoms with E-state index in [1.165, 1.54) is 51.1 Å². The van der Waals surface area contributed by atoms with Gasteiger partial charge in [-0.1, -0.05) is 24.3 Å². The van der Waals surface area contributed by atoms with E-state index in [0.29, 0.717) is 0 Å². The molecule has 0 spiro atoms. The van der Waals surface area contributed by atoms with Crippen molar-refractivity contribution in [3.05, 3.63) is 42.0 Å². The molecule has 0 amide bonds. The van der Waals surface area contributed by atoms with Gasteiger partial charge in [0, 0.05) is 39.3 Å². The fraction of sp³-hybridized carbons (Fsp3) is 0.600. The molecule has 1 heterocycles. The van der Waals surface area contributed by atoms with Gasteiger partial charge in [0.1, 0.15) is 5.75 Å². The van der Waals surface area contributed by atoms with Crippen molar-refractivity contribution in [2.45, 2.75) is 19.4 Å². The summed E-state index contributed by atoms with van der Waals surface area (Å²) in [4.78, 5) is 5.28. The first-order valence-electron chi connectivity index (χ1n) is 9.06. The van der Waals surface area contributed by atoms with E-state index >= 15 is 0 Å². The number of fused-ring (bicyclic) bond motifs is 2. The molecule has 0 aromatic heterocycles. The zero-order valence-corrected chi connectivity index (χ0v) is 14.2. The molecule has 3 atom stereocenters. The summed E-state index contributed by atoms with van der Waals surface area (Å²) < 4.78 is 5.23. The van der Waals surface area contributed by atoms with Crippen molar-refractivity contribution in [1.82, 2.24) is 9.80 Å². The number of rotatable bonds is 5. The standard InChI is InChI=1S/C20H28N2O/c1-23-20-6-3-16(4-7-20)14-21-8-10-22(11-9-21)15-19-13-17-2-5-18(19)12-17/h2-7,17-19H,8-15H2,1H3/t17-,18+,19+/m0/s1. The van der Waals surface area contributed by atoms with Crippen LogP contribution in [0.15, 0.2) is 36.4 Å². The number of piperazine rings is 1. The topological polar surface area (TPSA) is 15.7 Å². The second-order valence-electron chi connectivity index (χ2n) is 7.47. The van der Waals surface area contributed by atoms with Gasteiger partial charge in [-0.05, 0) is 48.3 Å². The number of ether oxygens (including phenoxy) is 1. The highest BCUT2D eigenvalue weighted by molar-refractivity contribution is 5.27. The van der Waals surface area contributed by atoms with Crippen molar-refractivity contribution in [1.29, 1.82) is 0 Å². The van der Waals surface area contributed by atoms with Crippen LogP contribution < -0.4 is 4.74 Å². The molecule has 1 saturated carbocycles. The van der Waals surface area contributed by atoms with Crippen LogP contribution >= 0.6 is 0 Å². The number of hydrogen-bond donors (Lipinski definition) is 0. The van der Waals surface area contributed by atoms with Crippen LogP contribution in [0.25, 0.3) is 0 Å². The highest BCUT2D eigenvalue weighted by atomic mass is 16.5. The molecule has 3 nitrogen and oxygen atoms in total. The number of nitrogens with zero attached hydrogens (tertiary/aromatic N) is 2. The first-order chi connectivity index (χ1) is 11.3. The molecular weight excluding hydrogens is 284 g/mol. The first kappa shape index (κ1) is 15.2. The van der Waals surface area contributed by atoms with Crippen LogP contribution in [-0.4, -0.2) is 49.6 Å². The minimum atomic E-state index is 0.886. The minimum absolute atomic E-state index is 0.886. The minimum Gasteiger partial charge on any atom is -0.497 e. The van der Waals surface area contributed by atoms with Gasteiger partial charge >= 0.3 is 0 Å². The zero-order valence-electron chi connectivity index (χ0n) is 14.2. The van der Waals surface area contributed by atoms with Gasteiger partial charge in [-0.3, -0.25) is 4.90 Å². The maximum absolute atomic E-state index is 5.23. The van der Waals surface area contributed by atoms with E-state index in [1.54, 1.807) is 7.11 Å². The third-order valence-corrected chi connectivity index (χ3v) is 5.94. The summed E-state index contributed by atoms with van der Waals surface area (Å²) >= 11 is 0. The summed E-state index contributed by atoms with van der Waals surface area (Å²) in [5, 5.41) is 0. The maximum Gasteiger partial charge on any atom is 0.118 e. The SMILES string of the molecule is COc1ccc(CN2CCN(C[C@H]3C[C@H]4C=C[C@@H]3C4)CC2)cc1. The number of methoxy groups -OCH3 is 1. The average molecular weight is 312 g/mol. The predicted octanol–water partition coefficient (Wildman–Crippen LogP) is 3.03. The van der Waals surface area contributed by atoms with Crippen LogP contribution in [0.2, 0.25) is 0 Å². The lowest BCUT2D eigenvalue weighted by atomic mass is 9.93. The monoisotopic (exact) mass is 312 g/mol. The molecule has 2 aliphatic carbocycles. The Balaban J connectivity index is 1.23. The molecule has 2 bridgehead atoms. The summed E-state index contributed by atoms with van der Waals surface area (Å²) in [6.07, 6.45) is 7.81. The highest BCUT2D eigenvalue weighted by Crippen LogP contribution is 2.43. The van der Waals surface area contributed by atoms with Crippen LogP contribution in [0.3, 0.4) is 0 Å². The zero-order chi connectivity index (χ0) is 15.6. The fourth-order valence-corrected chi connectivity index (χ4v) is 4.56. The van der Waals surface area contributed by atoms with Crippen molar-refractivity contribution < 1.29 is 4.74 Å². The van der Waals surface area contributed by atoms with E-state index in [1.807, 2.05) is 0 Å². The smallest absolute Gasteiger partial charge is 0.118 e.